The van der Waals surface area contributed by atoms with E-state index in [1.165, 1.54) is 4.90 Å². The summed E-state index contributed by atoms with van der Waals surface area (Å²) in [6.45, 7) is 5.10. The summed E-state index contributed by atoms with van der Waals surface area (Å²) < 4.78 is 10.4. The molecule has 0 aromatic heterocycles. The van der Waals surface area contributed by atoms with E-state index in [1.54, 1.807) is 0 Å². The Hall–Kier alpha value is -1.75. The Morgan fingerprint density at radius 1 is 1.37 bits per heavy atom. The van der Waals surface area contributed by atoms with E-state index in [9.17, 15) is 9.90 Å². The fraction of sp³-hybridized carbons (Fsp3) is 0.500. The van der Waals surface area contributed by atoms with Crippen molar-refractivity contribution in [3.05, 3.63) is 29.8 Å². The lowest BCUT2D eigenvalue weighted by Gasteiger charge is -2.18. The first-order valence-corrected chi connectivity index (χ1v) is 6.42. The summed E-state index contributed by atoms with van der Waals surface area (Å²) in [7, 11) is 0. The molecule has 0 radical (unpaired) electrons. The highest BCUT2D eigenvalue weighted by Gasteiger charge is 2.24. The number of hydrogen-bond donors (Lipinski definition) is 1. The van der Waals surface area contributed by atoms with Crippen molar-refractivity contribution in [3.8, 4) is 5.75 Å². The Morgan fingerprint density at radius 2 is 2.05 bits per heavy atom. The van der Waals surface area contributed by atoms with Crippen molar-refractivity contribution in [3.63, 3.8) is 0 Å². The van der Waals surface area contributed by atoms with Gasteiger partial charge in [-0.15, -0.1) is 0 Å². The molecule has 1 amide bonds. The molecule has 1 N–H and O–H groups in total. The van der Waals surface area contributed by atoms with Gasteiger partial charge in [0.2, 0.25) is 0 Å². The van der Waals surface area contributed by atoms with Crippen LogP contribution in [0.4, 0.5) is 4.79 Å². The second kappa shape index (κ2) is 5.93. The molecule has 19 heavy (non-hydrogen) atoms. The van der Waals surface area contributed by atoms with Gasteiger partial charge in [-0.05, 0) is 31.5 Å². The minimum atomic E-state index is -0.709. The van der Waals surface area contributed by atoms with Crippen LogP contribution in [0.5, 0.6) is 5.75 Å². The normalized spacial score (nSPS) is 16.6. The molecule has 1 saturated heterocycles. The maximum Gasteiger partial charge on any atom is 0.410 e. The predicted octanol–water partition coefficient (Wildman–Crippen LogP) is 1.96. The molecule has 1 aliphatic heterocycles. The van der Waals surface area contributed by atoms with Crippen molar-refractivity contribution in [2.45, 2.75) is 26.1 Å². The summed E-state index contributed by atoms with van der Waals surface area (Å²) in [5.41, 5.74) is 0.760. The lowest BCUT2D eigenvalue weighted by molar-refractivity contribution is 0.118. The van der Waals surface area contributed by atoms with Gasteiger partial charge >= 0.3 is 6.09 Å². The molecule has 104 valence electrons. The van der Waals surface area contributed by atoms with Crippen LogP contribution in [0.3, 0.4) is 0 Å². The number of cyclic esters (lactones) is 1. The standard InChI is InChI=1S/C14H19NO4/c1-10(2)19-12-5-3-11(4-6-12)13(16)9-15-7-8-18-14(15)17/h3-6,10,13,16H,7-9H2,1-2H3. The molecule has 2 rings (SSSR count). The SMILES string of the molecule is CC(C)Oc1ccc(C(O)CN2CCOC2=O)cc1. The van der Waals surface area contributed by atoms with Gasteiger partial charge < -0.3 is 19.5 Å². The smallest absolute Gasteiger partial charge is 0.410 e. The van der Waals surface area contributed by atoms with Crippen LogP contribution in [-0.4, -0.2) is 41.9 Å². The fourth-order valence-corrected chi connectivity index (χ4v) is 1.95. The molecule has 0 spiro atoms. The van der Waals surface area contributed by atoms with E-state index in [-0.39, 0.29) is 18.7 Å². The van der Waals surface area contributed by atoms with Gasteiger partial charge in [0, 0.05) is 0 Å². The first-order chi connectivity index (χ1) is 9.06. The van der Waals surface area contributed by atoms with E-state index in [0.29, 0.717) is 13.2 Å². The van der Waals surface area contributed by atoms with Crippen molar-refractivity contribution in [2.24, 2.45) is 0 Å². The van der Waals surface area contributed by atoms with Crippen molar-refractivity contribution < 1.29 is 19.4 Å². The first-order valence-electron chi connectivity index (χ1n) is 6.42. The van der Waals surface area contributed by atoms with E-state index in [2.05, 4.69) is 0 Å². The molecule has 1 aromatic rings. The summed E-state index contributed by atoms with van der Waals surface area (Å²) in [5.74, 6) is 0.770. The maximum absolute atomic E-state index is 11.3. The van der Waals surface area contributed by atoms with Gasteiger partial charge in [-0.25, -0.2) is 4.79 Å². The highest BCUT2D eigenvalue weighted by Crippen LogP contribution is 2.20. The van der Waals surface area contributed by atoms with Crippen LogP contribution in [0.15, 0.2) is 24.3 Å². The Morgan fingerprint density at radius 3 is 2.58 bits per heavy atom. The number of carbonyl (C=O) groups is 1. The quantitative estimate of drug-likeness (QED) is 0.884. The van der Waals surface area contributed by atoms with Gasteiger partial charge in [0.1, 0.15) is 12.4 Å². The number of ether oxygens (including phenoxy) is 2. The molecule has 0 bridgehead atoms. The minimum Gasteiger partial charge on any atom is -0.491 e. The third-order valence-electron chi connectivity index (χ3n) is 2.87. The molecule has 1 fully saturated rings. The van der Waals surface area contributed by atoms with Gasteiger partial charge in [-0.3, -0.25) is 0 Å². The Labute approximate surface area is 112 Å². The number of aliphatic hydroxyl groups is 1. The third-order valence-corrected chi connectivity index (χ3v) is 2.87. The van der Waals surface area contributed by atoms with E-state index in [0.717, 1.165) is 11.3 Å². The van der Waals surface area contributed by atoms with Crippen LogP contribution < -0.4 is 4.74 Å². The number of hydrogen-bond acceptors (Lipinski definition) is 4. The number of amides is 1. The van der Waals surface area contributed by atoms with Crippen LogP contribution >= 0.6 is 0 Å². The van der Waals surface area contributed by atoms with Crippen LogP contribution in [0.25, 0.3) is 0 Å². The number of β-amino-alcohol motifs (C(OH)–C–C–N with tert-alkyl or cyclic N) is 1. The fourth-order valence-electron chi connectivity index (χ4n) is 1.95. The third kappa shape index (κ3) is 3.61. The maximum atomic E-state index is 11.3. The van der Waals surface area contributed by atoms with Crippen LogP contribution in [0.1, 0.15) is 25.5 Å². The molecule has 1 heterocycles. The molecular formula is C14H19NO4. The molecule has 1 unspecified atom stereocenters. The number of benzene rings is 1. The Bertz CT molecular complexity index is 430. The molecular weight excluding hydrogens is 246 g/mol. The molecule has 1 aromatic carbocycles. The molecule has 5 heteroatoms. The predicted molar refractivity (Wildman–Crippen MR) is 70.1 cm³/mol. The van der Waals surface area contributed by atoms with Crippen LogP contribution in [0.2, 0.25) is 0 Å². The van der Waals surface area contributed by atoms with Crippen molar-refractivity contribution >= 4 is 6.09 Å². The van der Waals surface area contributed by atoms with E-state index in [1.807, 2.05) is 38.1 Å². The second-order valence-corrected chi connectivity index (χ2v) is 4.81. The molecule has 1 atom stereocenters. The van der Waals surface area contributed by atoms with E-state index < -0.39 is 6.10 Å². The summed E-state index contributed by atoms with van der Waals surface area (Å²) in [5, 5.41) is 10.1. The summed E-state index contributed by atoms with van der Waals surface area (Å²) in [4.78, 5) is 12.8. The number of rotatable bonds is 5. The van der Waals surface area contributed by atoms with Crippen LogP contribution in [0, 0.1) is 0 Å². The average molecular weight is 265 g/mol. The highest BCUT2D eigenvalue weighted by molar-refractivity contribution is 5.69. The monoisotopic (exact) mass is 265 g/mol. The van der Waals surface area contributed by atoms with Gasteiger partial charge in [-0.2, -0.15) is 0 Å². The molecule has 5 nitrogen and oxygen atoms in total. The number of carbonyl (C=O) groups excluding carboxylic acids is 1. The van der Waals surface area contributed by atoms with Crippen molar-refractivity contribution in [2.75, 3.05) is 19.7 Å². The average Bonchev–Trinajstić information content (AvgIpc) is 2.75. The van der Waals surface area contributed by atoms with Gasteiger partial charge in [-0.1, -0.05) is 12.1 Å². The van der Waals surface area contributed by atoms with Crippen molar-refractivity contribution in [1.82, 2.24) is 4.90 Å². The lowest BCUT2D eigenvalue weighted by Crippen LogP contribution is -2.29. The summed E-state index contributed by atoms with van der Waals surface area (Å²) in [6, 6.07) is 7.26. The number of nitrogens with zero attached hydrogens (tertiary/aromatic N) is 1. The van der Waals surface area contributed by atoms with Gasteiger partial charge in [0.15, 0.2) is 0 Å². The zero-order chi connectivity index (χ0) is 13.8. The zero-order valence-corrected chi connectivity index (χ0v) is 11.2. The second-order valence-electron chi connectivity index (χ2n) is 4.81. The molecule has 1 aliphatic rings. The first kappa shape index (κ1) is 13.7. The van der Waals surface area contributed by atoms with E-state index in [4.69, 9.17) is 9.47 Å². The Balaban J connectivity index is 1.95. The summed E-state index contributed by atoms with van der Waals surface area (Å²) in [6.07, 6.45) is -0.951. The van der Waals surface area contributed by atoms with Crippen LogP contribution in [-0.2, 0) is 4.74 Å². The Kier molecular flexibility index (Phi) is 4.27. The molecule has 0 aliphatic carbocycles. The minimum absolute atomic E-state index is 0.121. The topological polar surface area (TPSA) is 59.0 Å². The lowest BCUT2D eigenvalue weighted by atomic mass is 10.1. The number of aliphatic hydroxyl groups excluding tert-OH is 1. The molecule has 0 saturated carbocycles. The van der Waals surface area contributed by atoms with Gasteiger partial charge in [0.25, 0.3) is 0 Å². The van der Waals surface area contributed by atoms with Gasteiger partial charge in [0.05, 0.1) is 25.3 Å². The largest absolute Gasteiger partial charge is 0.491 e. The van der Waals surface area contributed by atoms with Crippen molar-refractivity contribution in [1.29, 1.82) is 0 Å². The highest BCUT2D eigenvalue weighted by atomic mass is 16.6. The van der Waals surface area contributed by atoms with E-state index >= 15 is 0 Å². The zero-order valence-electron chi connectivity index (χ0n) is 11.2. The summed E-state index contributed by atoms with van der Waals surface area (Å²) >= 11 is 0.